The minimum absolute atomic E-state index is 0.684. The third-order valence-corrected chi connectivity index (χ3v) is 11.8. The van der Waals surface area contributed by atoms with Crippen molar-refractivity contribution in [2.24, 2.45) is 0 Å². The summed E-state index contributed by atoms with van der Waals surface area (Å²) in [5.74, 6) is 13.7. The fraction of sp³-hybridized carbons (Fsp3) is 1.00. The van der Waals surface area contributed by atoms with Crippen LogP contribution in [0.4, 0.5) is 0 Å². The van der Waals surface area contributed by atoms with Crippen molar-refractivity contribution in [2.45, 2.75) is 10.5 Å². The summed E-state index contributed by atoms with van der Waals surface area (Å²) >= 11 is 27.7. The molecule has 0 spiro atoms. The van der Waals surface area contributed by atoms with Gasteiger partial charge in [-0.15, -0.1) is 0 Å². The molecule has 0 aromatic carbocycles. The lowest BCUT2D eigenvalue weighted by Gasteiger charge is -2.13. The number of hydrogen-bond donors (Lipinski definition) is 4. The van der Waals surface area contributed by atoms with E-state index in [1.807, 2.05) is 23.5 Å². The zero-order valence-electron chi connectivity index (χ0n) is 13.5. The van der Waals surface area contributed by atoms with Crippen molar-refractivity contribution in [3.05, 3.63) is 0 Å². The quantitative estimate of drug-likeness (QED) is 0.156. The molecular weight excluding hydrogens is 457 g/mol. The lowest BCUT2D eigenvalue weighted by atomic mass is 10.5. The molecule has 9 heteroatoms. The van der Waals surface area contributed by atoms with Crippen molar-refractivity contribution in [2.75, 3.05) is 69.0 Å². The zero-order valence-corrected chi connectivity index (χ0v) is 21.1. The normalized spacial score (nSPS) is 14.1. The SMILES string of the molecule is SCCSC(CS)CSCCSCCSCC(CS)SCCS. The Labute approximate surface area is 187 Å². The Bertz CT molecular complexity index is 208. The van der Waals surface area contributed by atoms with Crippen molar-refractivity contribution in [3.63, 3.8) is 0 Å². The molecule has 0 fully saturated rings. The first-order valence-corrected chi connectivity index (χ1v) is 15.8. The summed E-state index contributed by atoms with van der Waals surface area (Å²) in [5, 5.41) is 1.37. The van der Waals surface area contributed by atoms with Crippen molar-refractivity contribution >= 4 is 109 Å². The second-order valence-corrected chi connectivity index (χ2v) is 12.5. The van der Waals surface area contributed by atoms with Gasteiger partial charge in [0.1, 0.15) is 0 Å². The van der Waals surface area contributed by atoms with E-state index in [1.165, 1.54) is 34.5 Å². The molecule has 0 heterocycles. The maximum Gasteiger partial charge on any atom is 0.0226 e. The summed E-state index contributed by atoms with van der Waals surface area (Å²) in [6, 6.07) is 0. The van der Waals surface area contributed by atoms with Gasteiger partial charge in [-0.3, -0.25) is 0 Å². The first-order valence-electron chi connectivity index (χ1n) is 7.68. The van der Waals surface area contributed by atoms with Gasteiger partial charge in [-0.25, -0.2) is 0 Å². The molecule has 0 saturated heterocycles. The third-order valence-electron chi connectivity index (χ3n) is 2.65. The van der Waals surface area contributed by atoms with Crippen LogP contribution in [0.25, 0.3) is 0 Å². The standard InChI is InChI=1S/C14H30S9/c15-1-3-22-13(9-17)11-20-7-5-19-6-8-21-12-14(10-18)23-4-2-16/h13-18H,1-12H2. The van der Waals surface area contributed by atoms with Crippen molar-refractivity contribution in [1.82, 2.24) is 0 Å². The van der Waals surface area contributed by atoms with Crippen LogP contribution in [0.1, 0.15) is 0 Å². The van der Waals surface area contributed by atoms with E-state index >= 15 is 0 Å². The van der Waals surface area contributed by atoms with Crippen LogP contribution in [0.15, 0.2) is 0 Å². The highest BCUT2D eigenvalue weighted by molar-refractivity contribution is 8.06. The molecule has 0 rings (SSSR count). The average Bonchev–Trinajstić information content (AvgIpc) is 2.58. The number of thiol groups is 4. The number of rotatable bonds is 18. The monoisotopic (exact) mass is 486 g/mol. The van der Waals surface area contributed by atoms with Gasteiger partial charge in [-0.1, -0.05) is 0 Å². The largest absolute Gasteiger partial charge is 0.179 e. The van der Waals surface area contributed by atoms with Crippen LogP contribution in [0.3, 0.4) is 0 Å². The average molecular weight is 487 g/mol. The zero-order chi connectivity index (χ0) is 17.2. The summed E-state index contributed by atoms with van der Waals surface area (Å²) in [4.78, 5) is 0. The lowest BCUT2D eigenvalue weighted by Crippen LogP contribution is -2.11. The van der Waals surface area contributed by atoms with Crippen molar-refractivity contribution in [3.8, 4) is 0 Å². The Morgan fingerprint density at radius 3 is 1.26 bits per heavy atom. The second-order valence-electron chi connectivity index (χ2n) is 4.56. The summed E-state index contributed by atoms with van der Waals surface area (Å²) in [6.07, 6.45) is 0. The van der Waals surface area contributed by atoms with E-state index in [-0.39, 0.29) is 0 Å². The van der Waals surface area contributed by atoms with Crippen LogP contribution in [0.5, 0.6) is 0 Å². The molecule has 2 atom stereocenters. The fourth-order valence-electron chi connectivity index (χ4n) is 1.51. The minimum Gasteiger partial charge on any atom is -0.179 e. The third kappa shape index (κ3) is 18.3. The van der Waals surface area contributed by atoms with Gasteiger partial charge in [0.15, 0.2) is 0 Å². The van der Waals surface area contributed by atoms with E-state index in [4.69, 9.17) is 0 Å². The van der Waals surface area contributed by atoms with Crippen molar-refractivity contribution < 1.29 is 0 Å². The summed E-state index contributed by atoms with van der Waals surface area (Å²) < 4.78 is 0. The molecule has 0 saturated carbocycles. The van der Waals surface area contributed by atoms with Crippen LogP contribution in [-0.2, 0) is 0 Å². The van der Waals surface area contributed by atoms with Gasteiger partial charge in [0.05, 0.1) is 0 Å². The molecular formula is C14H30S9. The van der Waals surface area contributed by atoms with E-state index in [0.29, 0.717) is 10.5 Å². The van der Waals surface area contributed by atoms with Crippen molar-refractivity contribution in [1.29, 1.82) is 0 Å². The highest BCUT2D eigenvalue weighted by Crippen LogP contribution is 2.21. The summed E-state index contributed by atoms with van der Waals surface area (Å²) in [5.41, 5.74) is 0. The van der Waals surface area contributed by atoms with Gasteiger partial charge in [-0.2, -0.15) is 109 Å². The maximum absolute atomic E-state index is 4.44. The molecule has 0 bridgehead atoms. The van der Waals surface area contributed by atoms with Crippen LogP contribution in [0, 0.1) is 0 Å². The molecule has 0 nitrogen and oxygen atoms in total. The highest BCUT2D eigenvalue weighted by atomic mass is 32.2. The molecule has 0 aromatic rings. The van der Waals surface area contributed by atoms with Crippen LogP contribution >= 0.6 is 109 Å². The Morgan fingerprint density at radius 1 is 0.522 bits per heavy atom. The Morgan fingerprint density at radius 2 is 0.913 bits per heavy atom. The topological polar surface area (TPSA) is 0 Å². The molecule has 0 aliphatic heterocycles. The van der Waals surface area contributed by atoms with Gasteiger partial charge in [-0.05, 0) is 11.5 Å². The fourth-order valence-corrected chi connectivity index (χ4v) is 9.01. The molecule has 0 aromatic heterocycles. The van der Waals surface area contributed by atoms with E-state index in [2.05, 4.69) is 85.8 Å². The van der Waals surface area contributed by atoms with Crippen LogP contribution in [-0.4, -0.2) is 79.5 Å². The Balaban J connectivity index is 3.35. The molecule has 0 amide bonds. The molecule has 2 unspecified atom stereocenters. The van der Waals surface area contributed by atoms with Gasteiger partial charge in [0, 0.05) is 68.0 Å². The molecule has 0 radical (unpaired) electrons. The van der Waals surface area contributed by atoms with Gasteiger partial charge >= 0.3 is 0 Å². The first-order chi connectivity index (χ1) is 11.3. The van der Waals surface area contributed by atoms with E-state index < -0.39 is 0 Å². The predicted octanol–water partition coefficient (Wildman–Crippen LogP) is 5.11. The summed E-state index contributed by atoms with van der Waals surface area (Å²) in [7, 11) is 0. The molecule has 0 aliphatic rings. The smallest absolute Gasteiger partial charge is 0.0226 e. The molecule has 140 valence electrons. The lowest BCUT2D eigenvalue weighted by molar-refractivity contribution is 1.15. The summed E-state index contributed by atoms with van der Waals surface area (Å²) in [6.45, 7) is 0. The highest BCUT2D eigenvalue weighted by Gasteiger charge is 2.07. The van der Waals surface area contributed by atoms with Crippen LogP contribution < -0.4 is 0 Å². The van der Waals surface area contributed by atoms with Crippen LogP contribution in [0.2, 0.25) is 0 Å². The predicted molar refractivity (Wildman–Crippen MR) is 140 cm³/mol. The van der Waals surface area contributed by atoms with Gasteiger partial charge in [0.25, 0.3) is 0 Å². The molecule has 23 heavy (non-hydrogen) atoms. The second kappa shape index (κ2) is 21.5. The Kier molecular flexibility index (Phi) is 24.4. The van der Waals surface area contributed by atoms with E-state index in [0.717, 1.165) is 34.5 Å². The maximum atomic E-state index is 4.44. The van der Waals surface area contributed by atoms with E-state index in [9.17, 15) is 0 Å². The van der Waals surface area contributed by atoms with Gasteiger partial charge in [0.2, 0.25) is 0 Å². The number of hydrogen-bond acceptors (Lipinski definition) is 9. The first kappa shape index (κ1) is 26.1. The molecule has 0 N–H and O–H groups in total. The number of thioether (sulfide) groups is 5. The van der Waals surface area contributed by atoms with E-state index in [1.54, 1.807) is 0 Å². The minimum atomic E-state index is 0.684. The van der Waals surface area contributed by atoms with Gasteiger partial charge < -0.3 is 0 Å². The Hall–Kier alpha value is 3.15. The molecule has 0 aliphatic carbocycles.